The lowest BCUT2D eigenvalue weighted by atomic mass is 9.91. The maximum atomic E-state index is 13.4. The summed E-state index contributed by atoms with van der Waals surface area (Å²) in [6, 6.07) is 16.3. The fourth-order valence-electron chi connectivity index (χ4n) is 4.19. The predicted molar refractivity (Wildman–Crippen MR) is 132 cm³/mol. The summed E-state index contributed by atoms with van der Waals surface area (Å²) in [5.74, 6) is 0.124. The highest BCUT2D eigenvalue weighted by Crippen LogP contribution is 2.25. The highest BCUT2D eigenvalue weighted by Gasteiger charge is 2.33. The number of carbonyl (C=O) groups excluding carboxylic acids is 2. The minimum absolute atomic E-state index is 0.0780. The number of likely N-dealkylation sites (tertiary alicyclic amines) is 1. The number of carbonyl (C=O) groups is 2. The first-order valence-corrected chi connectivity index (χ1v) is 12.0. The standard InChI is InChI=1S/C27H37N3O4/c1-27(2,28)26(33)29-23(19-34-18-21-9-4-3-5-10-21)25(32)30-16-8-11-20(17-30)14-15-22-12-6-7-13-24(22)31/h3-7,9-10,12-13,20,23,31H,8,11,14-19,28H2,1-2H3,(H,29,33)/t20-,23?/m1/s1. The van der Waals surface area contributed by atoms with Crippen molar-refractivity contribution in [3.8, 4) is 5.75 Å². The molecule has 0 spiro atoms. The molecule has 0 saturated carbocycles. The van der Waals surface area contributed by atoms with Crippen LogP contribution >= 0.6 is 0 Å². The average molecular weight is 468 g/mol. The van der Waals surface area contributed by atoms with Crippen LogP contribution in [0.4, 0.5) is 0 Å². The van der Waals surface area contributed by atoms with Gasteiger partial charge in [0.1, 0.15) is 11.8 Å². The summed E-state index contributed by atoms with van der Waals surface area (Å²) in [6.45, 7) is 4.95. The number of ether oxygens (including phenoxy) is 1. The van der Waals surface area contributed by atoms with Gasteiger partial charge in [0.25, 0.3) is 0 Å². The number of phenols is 1. The van der Waals surface area contributed by atoms with Crippen molar-refractivity contribution in [3.63, 3.8) is 0 Å². The van der Waals surface area contributed by atoms with Crippen LogP contribution in [-0.4, -0.2) is 53.1 Å². The molecule has 2 aromatic carbocycles. The van der Waals surface area contributed by atoms with Gasteiger partial charge in [-0.2, -0.15) is 0 Å². The van der Waals surface area contributed by atoms with Crippen LogP contribution in [0.15, 0.2) is 54.6 Å². The summed E-state index contributed by atoms with van der Waals surface area (Å²) in [6.07, 6.45) is 3.60. The smallest absolute Gasteiger partial charge is 0.247 e. The van der Waals surface area contributed by atoms with E-state index >= 15 is 0 Å². The zero-order valence-electron chi connectivity index (χ0n) is 20.2. The molecule has 1 aliphatic heterocycles. The molecule has 2 amide bonds. The van der Waals surface area contributed by atoms with E-state index in [0.717, 1.165) is 36.8 Å². The molecule has 1 unspecified atom stereocenters. The molecule has 0 aromatic heterocycles. The Kier molecular flexibility index (Phi) is 9.07. The Hall–Kier alpha value is -2.90. The number of phenolic OH excluding ortho intramolecular Hbond substituents is 1. The van der Waals surface area contributed by atoms with Crippen molar-refractivity contribution in [2.45, 2.75) is 57.7 Å². The number of benzene rings is 2. The first-order chi connectivity index (χ1) is 16.2. The normalized spacial score (nSPS) is 17.3. The van der Waals surface area contributed by atoms with Gasteiger partial charge in [-0.3, -0.25) is 9.59 Å². The van der Waals surface area contributed by atoms with E-state index in [9.17, 15) is 14.7 Å². The fraction of sp³-hybridized carbons (Fsp3) is 0.481. The Labute approximate surface area is 202 Å². The van der Waals surface area contributed by atoms with Crippen molar-refractivity contribution in [3.05, 3.63) is 65.7 Å². The topological polar surface area (TPSA) is 105 Å². The molecule has 34 heavy (non-hydrogen) atoms. The van der Waals surface area contributed by atoms with Gasteiger partial charge in [-0.25, -0.2) is 0 Å². The number of hydrogen-bond donors (Lipinski definition) is 3. The second-order valence-corrected chi connectivity index (χ2v) is 9.71. The molecule has 184 valence electrons. The molecule has 1 heterocycles. The van der Waals surface area contributed by atoms with Crippen molar-refractivity contribution < 1.29 is 19.4 Å². The van der Waals surface area contributed by atoms with Crippen molar-refractivity contribution >= 4 is 11.8 Å². The maximum absolute atomic E-state index is 13.4. The van der Waals surface area contributed by atoms with Crippen molar-refractivity contribution in [2.75, 3.05) is 19.7 Å². The van der Waals surface area contributed by atoms with Crippen molar-refractivity contribution in [1.82, 2.24) is 10.2 Å². The van der Waals surface area contributed by atoms with Crippen LogP contribution in [-0.2, 0) is 27.4 Å². The van der Waals surface area contributed by atoms with E-state index in [4.69, 9.17) is 10.5 Å². The molecule has 0 bridgehead atoms. The Bertz CT molecular complexity index is 942. The molecule has 1 fully saturated rings. The number of nitrogens with zero attached hydrogens (tertiary/aromatic N) is 1. The summed E-state index contributed by atoms with van der Waals surface area (Å²) in [7, 11) is 0. The van der Waals surface area contributed by atoms with Crippen LogP contribution < -0.4 is 11.1 Å². The fourth-order valence-corrected chi connectivity index (χ4v) is 4.19. The molecule has 3 rings (SSSR count). The molecular weight excluding hydrogens is 430 g/mol. The number of piperidine rings is 1. The number of amides is 2. The molecular formula is C27H37N3O4. The molecule has 2 aromatic rings. The Balaban J connectivity index is 1.61. The zero-order valence-corrected chi connectivity index (χ0v) is 20.2. The van der Waals surface area contributed by atoms with Gasteiger partial charge < -0.3 is 25.8 Å². The first-order valence-electron chi connectivity index (χ1n) is 12.0. The number of aryl methyl sites for hydroxylation is 1. The molecule has 7 heteroatoms. The summed E-state index contributed by atoms with van der Waals surface area (Å²) in [4.78, 5) is 27.8. The van der Waals surface area contributed by atoms with Gasteiger partial charge in [-0.05, 0) is 62.6 Å². The molecule has 1 saturated heterocycles. The average Bonchev–Trinajstić information content (AvgIpc) is 2.82. The lowest BCUT2D eigenvalue weighted by Crippen LogP contribution is -2.58. The molecule has 1 aliphatic rings. The van der Waals surface area contributed by atoms with Crippen LogP contribution in [0.2, 0.25) is 0 Å². The third kappa shape index (κ3) is 7.57. The van der Waals surface area contributed by atoms with E-state index in [0.29, 0.717) is 31.4 Å². The van der Waals surface area contributed by atoms with Gasteiger partial charge in [-0.15, -0.1) is 0 Å². The zero-order chi connectivity index (χ0) is 24.6. The lowest BCUT2D eigenvalue weighted by Gasteiger charge is -2.35. The minimum atomic E-state index is -1.10. The molecule has 4 N–H and O–H groups in total. The summed E-state index contributed by atoms with van der Waals surface area (Å²) in [5.41, 5.74) is 6.79. The van der Waals surface area contributed by atoms with E-state index < -0.39 is 11.6 Å². The quantitative estimate of drug-likeness (QED) is 0.498. The SMILES string of the molecule is CC(C)(N)C(=O)NC(COCc1ccccc1)C(=O)N1CCC[C@H](CCc2ccccc2O)C1. The minimum Gasteiger partial charge on any atom is -0.508 e. The largest absolute Gasteiger partial charge is 0.508 e. The van der Waals surface area contributed by atoms with Gasteiger partial charge >= 0.3 is 0 Å². The van der Waals surface area contributed by atoms with E-state index in [1.165, 1.54) is 0 Å². The van der Waals surface area contributed by atoms with Gasteiger partial charge in [-0.1, -0.05) is 48.5 Å². The maximum Gasteiger partial charge on any atom is 0.247 e. The van der Waals surface area contributed by atoms with Crippen LogP contribution in [0.1, 0.15) is 44.2 Å². The Morgan fingerprint density at radius 2 is 1.88 bits per heavy atom. The van der Waals surface area contributed by atoms with Crippen molar-refractivity contribution in [1.29, 1.82) is 0 Å². The number of nitrogens with one attached hydrogen (secondary N) is 1. The van der Waals surface area contributed by atoms with Gasteiger partial charge in [0, 0.05) is 13.1 Å². The second-order valence-electron chi connectivity index (χ2n) is 9.71. The first kappa shape index (κ1) is 25.7. The number of aromatic hydroxyl groups is 1. The number of nitrogens with two attached hydrogens (primary N) is 1. The van der Waals surface area contributed by atoms with Gasteiger partial charge in [0.15, 0.2) is 0 Å². The molecule has 0 radical (unpaired) electrons. The van der Waals surface area contributed by atoms with Crippen LogP contribution in [0.25, 0.3) is 0 Å². The van der Waals surface area contributed by atoms with E-state index in [2.05, 4.69) is 5.32 Å². The lowest BCUT2D eigenvalue weighted by molar-refractivity contribution is -0.141. The third-order valence-electron chi connectivity index (χ3n) is 6.23. The number of rotatable bonds is 10. The summed E-state index contributed by atoms with van der Waals surface area (Å²) in [5, 5.41) is 12.8. The van der Waals surface area contributed by atoms with Gasteiger partial charge in [0.2, 0.25) is 11.8 Å². The third-order valence-corrected chi connectivity index (χ3v) is 6.23. The van der Waals surface area contributed by atoms with E-state index in [1.807, 2.05) is 53.4 Å². The molecule has 0 aliphatic carbocycles. The number of para-hydroxylation sites is 1. The van der Waals surface area contributed by atoms with Gasteiger partial charge in [0.05, 0.1) is 18.8 Å². The monoisotopic (exact) mass is 467 g/mol. The highest BCUT2D eigenvalue weighted by atomic mass is 16.5. The molecule has 7 nitrogen and oxygen atoms in total. The summed E-state index contributed by atoms with van der Waals surface area (Å²) >= 11 is 0. The van der Waals surface area contributed by atoms with Crippen LogP contribution in [0.5, 0.6) is 5.75 Å². The summed E-state index contributed by atoms with van der Waals surface area (Å²) < 4.78 is 5.82. The second kappa shape index (κ2) is 12.0. The van der Waals surface area contributed by atoms with Crippen LogP contribution in [0.3, 0.4) is 0 Å². The molecule has 2 atom stereocenters. The predicted octanol–water partition coefficient (Wildman–Crippen LogP) is 3.00. The van der Waals surface area contributed by atoms with Crippen LogP contribution in [0, 0.1) is 5.92 Å². The number of hydrogen-bond acceptors (Lipinski definition) is 5. The highest BCUT2D eigenvalue weighted by molar-refractivity contribution is 5.91. The Morgan fingerprint density at radius 1 is 1.18 bits per heavy atom. The van der Waals surface area contributed by atoms with E-state index in [-0.39, 0.29) is 18.4 Å². The van der Waals surface area contributed by atoms with Crippen molar-refractivity contribution in [2.24, 2.45) is 11.7 Å². The van der Waals surface area contributed by atoms with E-state index in [1.54, 1.807) is 19.9 Å². The Morgan fingerprint density at radius 3 is 2.59 bits per heavy atom.